The van der Waals surface area contributed by atoms with Crippen LogP contribution in [-0.4, -0.2) is 60.7 Å². The van der Waals surface area contributed by atoms with Gasteiger partial charge < -0.3 is 4.74 Å². The third kappa shape index (κ3) is 2.59. The topological polar surface area (TPSA) is 47.9 Å². The van der Waals surface area contributed by atoms with Crippen molar-refractivity contribution in [1.82, 2.24) is 14.1 Å². The molecule has 6 nitrogen and oxygen atoms in total. The number of methoxy groups -OCH3 is 1. The number of ether oxygens (including phenoxy) is 1. The molecule has 0 atom stereocenters. The molecule has 2 aliphatic heterocycles. The minimum atomic E-state index is -2.61. The Morgan fingerprint density at radius 1 is 1.20 bits per heavy atom. The van der Waals surface area contributed by atoms with Crippen LogP contribution >= 0.6 is 7.59 Å². The molecule has 0 N–H and O–H groups in total. The first-order valence-corrected chi connectivity index (χ1v) is 8.24. The van der Waals surface area contributed by atoms with Crippen molar-refractivity contribution in [3.8, 4) is 5.75 Å². The highest BCUT2D eigenvalue weighted by atomic mass is 31.2. The lowest BCUT2D eigenvalue weighted by Crippen LogP contribution is -2.19. The van der Waals surface area contributed by atoms with E-state index in [1.807, 2.05) is 33.6 Å². The lowest BCUT2D eigenvalue weighted by Gasteiger charge is -2.27. The fourth-order valence-electron chi connectivity index (χ4n) is 2.06. The highest BCUT2D eigenvalue weighted by Gasteiger charge is 2.50. The summed E-state index contributed by atoms with van der Waals surface area (Å²) < 4.78 is 23.7. The molecule has 0 radical (unpaired) electrons. The molecular weight excluding hydrogens is 275 g/mol. The second-order valence-corrected chi connectivity index (χ2v) is 7.66. The van der Waals surface area contributed by atoms with Gasteiger partial charge in [0, 0.05) is 33.2 Å². The number of benzene rings is 1. The number of rotatable bonds is 6. The molecule has 7 heteroatoms. The Kier molecular flexibility index (Phi) is 3.54. The highest BCUT2D eigenvalue weighted by Crippen LogP contribution is 2.62. The van der Waals surface area contributed by atoms with Crippen LogP contribution in [0.1, 0.15) is 5.56 Å². The van der Waals surface area contributed by atoms with Gasteiger partial charge in [-0.1, -0.05) is 0 Å². The van der Waals surface area contributed by atoms with Crippen molar-refractivity contribution < 1.29 is 9.30 Å². The van der Waals surface area contributed by atoms with Gasteiger partial charge >= 0.3 is 7.59 Å². The van der Waals surface area contributed by atoms with E-state index in [0.29, 0.717) is 0 Å². The van der Waals surface area contributed by atoms with E-state index in [9.17, 15) is 4.57 Å². The van der Waals surface area contributed by atoms with Gasteiger partial charge in [-0.15, -0.1) is 0 Å². The predicted molar refractivity (Wildman–Crippen MR) is 79.1 cm³/mol. The Morgan fingerprint density at radius 2 is 1.75 bits per heavy atom. The Morgan fingerprint density at radius 3 is 2.20 bits per heavy atom. The Labute approximate surface area is 119 Å². The highest BCUT2D eigenvalue weighted by molar-refractivity contribution is 7.57. The minimum Gasteiger partial charge on any atom is -0.497 e. The van der Waals surface area contributed by atoms with E-state index in [2.05, 4.69) is 5.10 Å². The molecule has 20 heavy (non-hydrogen) atoms. The third-order valence-electron chi connectivity index (χ3n) is 3.45. The summed E-state index contributed by atoms with van der Waals surface area (Å²) in [5.41, 5.74) is 0.959. The third-order valence-corrected chi connectivity index (χ3v) is 6.58. The minimum absolute atomic E-state index is 0.814. The monoisotopic (exact) mass is 294 g/mol. The molecule has 108 valence electrons. The molecule has 1 aromatic carbocycles. The average Bonchev–Trinajstić information content (AvgIpc) is 3.34. The first-order valence-electron chi connectivity index (χ1n) is 6.68. The zero-order valence-electron chi connectivity index (χ0n) is 11.8. The summed E-state index contributed by atoms with van der Waals surface area (Å²) in [6, 6.07) is 7.62. The van der Waals surface area contributed by atoms with Crippen LogP contribution < -0.4 is 4.74 Å². The van der Waals surface area contributed by atoms with E-state index in [1.54, 1.807) is 25.2 Å². The van der Waals surface area contributed by atoms with E-state index < -0.39 is 7.59 Å². The van der Waals surface area contributed by atoms with Gasteiger partial charge in [-0.2, -0.15) is 5.10 Å². The van der Waals surface area contributed by atoms with Crippen molar-refractivity contribution in [3.63, 3.8) is 0 Å². The Hall–Kier alpha value is -1.36. The Bertz CT molecular complexity index is 536. The maximum Gasteiger partial charge on any atom is 0.326 e. The van der Waals surface area contributed by atoms with Gasteiger partial charge in [-0.05, 0) is 29.8 Å². The maximum absolute atomic E-state index is 13.0. The SMILES string of the molecule is COc1ccc(/C=N/N(C)P(=O)(N2CC2)N2CC2)cc1. The molecule has 0 saturated carbocycles. The second-order valence-electron chi connectivity index (χ2n) is 4.93. The molecule has 0 amide bonds. The molecule has 0 bridgehead atoms. The van der Waals surface area contributed by atoms with Gasteiger partial charge in [0.05, 0.1) is 13.3 Å². The molecule has 2 saturated heterocycles. The summed E-state index contributed by atoms with van der Waals surface area (Å²) in [7, 11) is 0.822. The molecule has 0 aliphatic carbocycles. The van der Waals surface area contributed by atoms with E-state index in [1.165, 1.54) is 0 Å². The predicted octanol–water partition coefficient (Wildman–Crippen LogP) is 1.70. The van der Waals surface area contributed by atoms with Crippen LogP contribution in [0, 0.1) is 0 Å². The fraction of sp³-hybridized carbons (Fsp3) is 0.462. The summed E-state index contributed by atoms with van der Waals surface area (Å²) in [6.07, 6.45) is 1.74. The lowest BCUT2D eigenvalue weighted by molar-refractivity contribution is 0.414. The largest absolute Gasteiger partial charge is 0.497 e. The smallest absolute Gasteiger partial charge is 0.326 e. The fourth-order valence-corrected chi connectivity index (χ4v) is 4.56. The van der Waals surface area contributed by atoms with Gasteiger partial charge in [0.15, 0.2) is 0 Å². The molecule has 1 aromatic rings. The van der Waals surface area contributed by atoms with Crippen LogP contribution in [0.25, 0.3) is 0 Å². The van der Waals surface area contributed by atoms with Crippen molar-refractivity contribution in [1.29, 1.82) is 0 Å². The van der Waals surface area contributed by atoms with Gasteiger partial charge in [-0.3, -0.25) is 4.57 Å². The number of hydrogen-bond acceptors (Lipinski definition) is 3. The van der Waals surface area contributed by atoms with Crippen molar-refractivity contribution in [3.05, 3.63) is 29.8 Å². The molecule has 0 spiro atoms. The van der Waals surface area contributed by atoms with E-state index in [-0.39, 0.29) is 0 Å². The summed E-state index contributed by atoms with van der Waals surface area (Å²) in [5.74, 6) is 0.814. The van der Waals surface area contributed by atoms with Gasteiger partial charge in [-0.25, -0.2) is 14.1 Å². The van der Waals surface area contributed by atoms with E-state index in [0.717, 1.165) is 37.5 Å². The number of hydrogen-bond donors (Lipinski definition) is 0. The summed E-state index contributed by atoms with van der Waals surface area (Å²) in [6.45, 7) is 3.60. The molecule has 2 aliphatic rings. The van der Waals surface area contributed by atoms with Crippen LogP contribution in [0.4, 0.5) is 0 Å². The molecule has 0 aromatic heterocycles. The molecule has 3 rings (SSSR count). The summed E-state index contributed by atoms with van der Waals surface area (Å²) in [5, 5.41) is 4.37. The van der Waals surface area contributed by atoms with Gasteiger partial charge in [0.1, 0.15) is 5.75 Å². The number of hydrazone groups is 1. The van der Waals surface area contributed by atoms with Gasteiger partial charge in [0.25, 0.3) is 0 Å². The normalized spacial score (nSPS) is 19.3. The first-order chi connectivity index (χ1) is 9.64. The zero-order chi connectivity index (χ0) is 14.2. The van der Waals surface area contributed by atoms with Crippen LogP contribution in [0.15, 0.2) is 29.4 Å². The maximum atomic E-state index is 13.0. The summed E-state index contributed by atoms with van der Waals surface area (Å²) in [4.78, 5) is 0. The standard InChI is InChI=1S/C13H19N4O2P/c1-15(20(18,16-7-8-16)17-9-10-17)14-11-12-3-5-13(19-2)6-4-12/h3-6,11H,7-10H2,1-2H3/b14-11+. The zero-order valence-corrected chi connectivity index (χ0v) is 12.7. The average molecular weight is 294 g/mol. The molecule has 2 fully saturated rings. The Balaban J connectivity index is 1.72. The van der Waals surface area contributed by atoms with Crippen LogP contribution in [0.5, 0.6) is 5.75 Å². The molecular formula is C13H19N4O2P. The van der Waals surface area contributed by atoms with E-state index >= 15 is 0 Å². The lowest BCUT2D eigenvalue weighted by atomic mass is 10.2. The van der Waals surface area contributed by atoms with Crippen molar-refractivity contribution >= 4 is 13.8 Å². The van der Waals surface area contributed by atoms with Crippen molar-refractivity contribution in [2.45, 2.75) is 0 Å². The quantitative estimate of drug-likeness (QED) is 0.346. The van der Waals surface area contributed by atoms with Crippen LogP contribution in [0.3, 0.4) is 0 Å². The molecule has 2 heterocycles. The molecule has 0 unspecified atom stereocenters. The van der Waals surface area contributed by atoms with Crippen LogP contribution in [-0.2, 0) is 4.57 Å². The van der Waals surface area contributed by atoms with Crippen molar-refractivity contribution in [2.24, 2.45) is 5.10 Å². The van der Waals surface area contributed by atoms with Crippen LogP contribution in [0.2, 0.25) is 0 Å². The first kappa shape index (κ1) is 13.6. The van der Waals surface area contributed by atoms with Crippen molar-refractivity contribution in [2.75, 3.05) is 40.3 Å². The number of nitrogens with zero attached hydrogens (tertiary/aromatic N) is 4. The van der Waals surface area contributed by atoms with Gasteiger partial charge in [0.2, 0.25) is 0 Å². The summed E-state index contributed by atoms with van der Waals surface area (Å²) >= 11 is 0. The van der Waals surface area contributed by atoms with E-state index in [4.69, 9.17) is 4.74 Å². The second kappa shape index (κ2) is 5.20.